The van der Waals surface area contributed by atoms with Gasteiger partial charge in [-0.05, 0) is 13.8 Å². The van der Waals surface area contributed by atoms with Gasteiger partial charge in [-0.25, -0.2) is 4.39 Å². The van der Waals surface area contributed by atoms with Crippen LogP contribution in [0, 0.1) is 0 Å². The second-order valence-electron chi connectivity index (χ2n) is 4.31. The van der Waals surface area contributed by atoms with Crippen LogP contribution in [0.3, 0.4) is 0 Å². The smallest absolute Gasteiger partial charge is 0.149 e. The van der Waals surface area contributed by atoms with Gasteiger partial charge in [-0.2, -0.15) is 0 Å². The number of piperidine rings is 1. The van der Waals surface area contributed by atoms with Crippen LogP contribution in [-0.2, 0) is 4.74 Å². The van der Waals surface area contributed by atoms with Crippen molar-refractivity contribution >= 4 is 0 Å². The van der Waals surface area contributed by atoms with Gasteiger partial charge < -0.3 is 4.74 Å². The summed E-state index contributed by atoms with van der Waals surface area (Å²) in [7, 11) is 0. The van der Waals surface area contributed by atoms with Crippen LogP contribution in [0.2, 0.25) is 0 Å². The minimum atomic E-state index is -1.05. The average Bonchev–Trinajstić information content (AvgIpc) is 2.25. The van der Waals surface area contributed by atoms with Crippen LogP contribution in [0.1, 0.15) is 20.3 Å². The number of hydrogen-bond donors (Lipinski definition) is 0. The number of ether oxygens (including phenoxy) is 1. The predicted molar refractivity (Wildman–Crippen MR) is 44.9 cm³/mol. The molecular formula is C9H16FNO. The van der Waals surface area contributed by atoms with Crippen molar-refractivity contribution in [2.24, 2.45) is 0 Å². The summed E-state index contributed by atoms with van der Waals surface area (Å²) in [6.45, 7) is 5.98. The monoisotopic (exact) mass is 173 g/mol. The molecule has 0 spiro atoms. The molecule has 0 radical (unpaired) electrons. The maximum absolute atomic E-state index is 13.8. The van der Waals surface area contributed by atoms with Crippen molar-refractivity contribution in [3.05, 3.63) is 0 Å². The third-order valence-corrected chi connectivity index (χ3v) is 2.83. The molecule has 2 saturated heterocycles. The summed E-state index contributed by atoms with van der Waals surface area (Å²) in [5.41, 5.74) is -1.05. The summed E-state index contributed by atoms with van der Waals surface area (Å²) in [6, 6.07) is 0.435. The fraction of sp³-hybridized carbons (Fsp3) is 1.00. The lowest BCUT2D eigenvalue weighted by Crippen LogP contribution is -2.49. The summed E-state index contributed by atoms with van der Waals surface area (Å²) in [6.07, 6.45) is 0.752. The van der Waals surface area contributed by atoms with Crippen molar-refractivity contribution in [2.45, 2.75) is 38.1 Å². The van der Waals surface area contributed by atoms with E-state index in [1.807, 2.05) is 0 Å². The molecule has 0 aromatic carbocycles. The highest BCUT2D eigenvalue weighted by Crippen LogP contribution is 2.34. The molecule has 2 fully saturated rings. The van der Waals surface area contributed by atoms with Gasteiger partial charge in [0.05, 0.1) is 12.7 Å². The van der Waals surface area contributed by atoms with E-state index in [2.05, 4.69) is 18.7 Å². The largest absolute Gasteiger partial charge is 0.373 e. The summed E-state index contributed by atoms with van der Waals surface area (Å²) < 4.78 is 19.1. The van der Waals surface area contributed by atoms with E-state index in [1.165, 1.54) is 0 Å². The molecule has 12 heavy (non-hydrogen) atoms. The van der Waals surface area contributed by atoms with Crippen LogP contribution < -0.4 is 0 Å². The highest BCUT2D eigenvalue weighted by Gasteiger charge is 2.46. The van der Waals surface area contributed by atoms with Crippen molar-refractivity contribution < 1.29 is 9.13 Å². The molecule has 0 aromatic rings. The van der Waals surface area contributed by atoms with Crippen LogP contribution in [0.25, 0.3) is 0 Å². The predicted octanol–water partition coefficient (Wildman–Crippen LogP) is 1.21. The third-order valence-electron chi connectivity index (χ3n) is 2.83. The van der Waals surface area contributed by atoms with E-state index in [1.54, 1.807) is 0 Å². The molecule has 0 N–H and O–H groups in total. The van der Waals surface area contributed by atoms with Crippen molar-refractivity contribution in [3.63, 3.8) is 0 Å². The standard InChI is InChI=1S/C9H16FNO/c1-7(2)11-4-8-3-9(10,5-11)6-12-8/h7-8H,3-6H2,1-2H3/t8-,9?/m0/s1. The van der Waals surface area contributed by atoms with Crippen LogP contribution >= 0.6 is 0 Å². The molecule has 0 aromatic heterocycles. The zero-order chi connectivity index (χ0) is 8.77. The van der Waals surface area contributed by atoms with Crippen molar-refractivity contribution in [1.82, 2.24) is 4.90 Å². The average molecular weight is 173 g/mol. The Morgan fingerprint density at radius 2 is 2.33 bits per heavy atom. The molecule has 2 bridgehead atoms. The van der Waals surface area contributed by atoms with Gasteiger partial charge in [-0.1, -0.05) is 0 Å². The molecule has 2 nitrogen and oxygen atoms in total. The minimum absolute atomic E-state index is 0.145. The summed E-state index contributed by atoms with van der Waals surface area (Å²) in [4.78, 5) is 2.17. The van der Waals surface area contributed by atoms with E-state index in [0.29, 0.717) is 25.6 Å². The van der Waals surface area contributed by atoms with Gasteiger partial charge in [0.15, 0.2) is 0 Å². The molecule has 3 heteroatoms. The minimum Gasteiger partial charge on any atom is -0.373 e. The molecule has 1 unspecified atom stereocenters. The summed E-state index contributed by atoms with van der Waals surface area (Å²) in [5.74, 6) is 0. The first-order valence-electron chi connectivity index (χ1n) is 4.64. The van der Waals surface area contributed by atoms with E-state index in [0.717, 1.165) is 6.54 Å². The number of nitrogens with zero attached hydrogens (tertiary/aromatic N) is 1. The maximum atomic E-state index is 13.8. The summed E-state index contributed by atoms with van der Waals surface area (Å²) in [5, 5.41) is 0. The molecule has 0 amide bonds. The van der Waals surface area contributed by atoms with Gasteiger partial charge in [0.1, 0.15) is 5.67 Å². The Hall–Kier alpha value is -0.150. The number of rotatable bonds is 1. The van der Waals surface area contributed by atoms with Crippen LogP contribution in [0.15, 0.2) is 0 Å². The topological polar surface area (TPSA) is 12.5 Å². The zero-order valence-corrected chi connectivity index (χ0v) is 7.72. The van der Waals surface area contributed by atoms with Crippen LogP contribution in [0.5, 0.6) is 0 Å². The van der Waals surface area contributed by atoms with E-state index >= 15 is 0 Å². The fourth-order valence-electron chi connectivity index (χ4n) is 2.10. The van der Waals surface area contributed by atoms with E-state index < -0.39 is 5.67 Å². The fourth-order valence-corrected chi connectivity index (χ4v) is 2.10. The van der Waals surface area contributed by atoms with E-state index in [9.17, 15) is 4.39 Å². The first-order valence-corrected chi connectivity index (χ1v) is 4.64. The van der Waals surface area contributed by atoms with E-state index in [4.69, 9.17) is 4.74 Å². The lowest BCUT2D eigenvalue weighted by molar-refractivity contribution is 0.0526. The number of halogens is 1. The van der Waals surface area contributed by atoms with Crippen LogP contribution in [-0.4, -0.2) is 42.4 Å². The number of alkyl halides is 1. The Bertz CT molecular complexity index is 185. The molecule has 2 heterocycles. The number of likely N-dealkylation sites (tertiary alicyclic amines) is 1. The summed E-state index contributed by atoms with van der Waals surface area (Å²) >= 11 is 0. The normalized spacial score (nSPS) is 42.5. The second kappa shape index (κ2) is 2.67. The molecule has 70 valence electrons. The highest BCUT2D eigenvalue weighted by molar-refractivity contribution is 4.97. The van der Waals surface area contributed by atoms with Crippen molar-refractivity contribution in [3.8, 4) is 0 Å². The van der Waals surface area contributed by atoms with Gasteiger partial charge in [-0.15, -0.1) is 0 Å². The molecule has 2 aliphatic heterocycles. The zero-order valence-electron chi connectivity index (χ0n) is 7.72. The lowest BCUT2D eigenvalue weighted by Gasteiger charge is -2.36. The highest BCUT2D eigenvalue weighted by atomic mass is 19.1. The van der Waals surface area contributed by atoms with E-state index in [-0.39, 0.29) is 6.10 Å². The molecule has 2 atom stereocenters. The Balaban J connectivity index is 2.06. The SMILES string of the molecule is CC(C)N1C[C@@H]2CC(F)(CO2)C1. The first kappa shape index (κ1) is 8.45. The Kier molecular flexibility index (Phi) is 1.88. The Labute approximate surface area is 72.7 Å². The molecule has 2 aliphatic rings. The van der Waals surface area contributed by atoms with Gasteiger partial charge in [-0.3, -0.25) is 4.90 Å². The quantitative estimate of drug-likeness (QED) is 0.591. The molecule has 2 rings (SSSR count). The van der Waals surface area contributed by atoms with Gasteiger partial charge in [0.2, 0.25) is 0 Å². The molecule has 0 saturated carbocycles. The molecular weight excluding hydrogens is 157 g/mol. The Morgan fingerprint density at radius 1 is 1.58 bits per heavy atom. The van der Waals surface area contributed by atoms with Crippen molar-refractivity contribution in [1.29, 1.82) is 0 Å². The first-order chi connectivity index (χ1) is 5.59. The van der Waals surface area contributed by atoms with Gasteiger partial charge >= 0.3 is 0 Å². The second-order valence-corrected chi connectivity index (χ2v) is 4.31. The van der Waals surface area contributed by atoms with Gasteiger partial charge in [0, 0.05) is 25.6 Å². The Morgan fingerprint density at radius 3 is 2.92 bits per heavy atom. The lowest BCUT2D eigenvalue weighted by atomic mass is 9.96. The maximum Gasteiger partial charge on any atom is 0.149 e. The van der Waals surface area contributed by atoms with Crippen LogP contribution in [0.4, 0.5) is 4.39 Å². The van der Waals surface area contributed by atoms with Gasteiger partial charge in [0.25, 0.3) is 0 Å². The molecule has 0 aliphatic carbocycles. The number of fused-ring (bicyclic) bond motifs is 2. The number of hydrogen-bond acceptors (Lipinski definition) is 2. The third kappa shape index (κ3) is 1.36. The van der Waals surface area contributed by atoms with Crippen molar-refractivity contribution in [2.75, 3.05) is 19.7 Å².